The van der Waals surface area contributed by atoms with E-state index in [1.54, 1.807) is 0 Å². The van der Waals surface area contributed by atoms with E-state index in [0.29, 0.717) is 6.10 Å². The Labute approximate surface area is 127 Å². The van der Waals surface area contributed by atoms with Gasteiger partial charge < -0.3 is 10.5 Å². The Hall–Kier alpha value is -1.54. The average molecular weight is 283 g/mol. The minimum absolute atomic E-state index is 0.00730. The van der Waals surface area contributed by atoms with Gasteiger partial charge >= 0.3 is 0 Å². The zero-order valence-electron chi connectivity index (χ0n) is 13.0. The molecule has 0 amide bonds. The smallest absolute Gasteiger partial charge is 0.132 e. The second-order valence-electron chi connectivity index (χ2n) is 6.49. The zero-order valence-corrected chi connectivity index (χ0v) is 13.0. The summed E-state index contributed by atoms with van der Waals surface area (Å²) < 4.78 is 6.43. The van der Waals surface area contributed by atoms with Crippen molar-refractivity contribution >= 4 is 10.8 Å². The molecule has 0 unspecified atom stereocenters. The Kier molecular flexibility index (Phi) is 4.16. The highest BCUT2D eigenvalue weighted by atomic mass is 16.5. The molecule has 2 nitrogen and oxygen atoms in total. The van der Waals surface area contributed by atoms with Crippen molar-refractivity contribution in [2.75, 3.05) is 0 Å². The Morgan fingerprint density at radius 1 is 1.05 bits per heavy atom. The SMILES string of the molecule is CC1CCC(Oc2c([C@@H](C)N)ccc3ccccc23)CC1. The van der Waals surface area contributed by atoms with Crippen LogP contribution in [-0.4, -0.2) is 6.10 Å². The minimum atomic E-state index is -0.00730. The number of rotatable bonds is 3. The van der Waals surface area contributed by atoms with Gasteiger partial charge in [0.2, 0.25) is 0 Å². The third kappa shape index (κ3) is 3.06. The third-order valence-corrected chi connectivity index (χ3v) is 4.65. The molecule has 2 N–H and O–H groups in total. The van der Waals surface area contributed by atoms with Crippen molar-refractivity contribution < 1.29 is 4.74 Å². The normalized spacial score (nSPS) is 24.0. The van der Waals surface area contributed by atoms with Crippen LogP contribution in [0.15, 0.2) is 36.4 Å². The molecule has 2 aromatic rings. The molecule has 0 saturated heterocycles. The lowest BCUT2D eigenvalue weighted by molar-refractivity contribution is 0.136. The van der Waals surface area contributed by atoms with Crippen molar-refractivity contribution in [3.8, 4) is 5.75 Å². The van der Waals surface area contributed by atoms with E-state index in [2.05, 4.69) is 43.3 Å². The van der Waals surface area contributed by atoms with Gasteiger partial charge in [0.1, 0.15) is 5.75 Å². The largest absolute Gasteiger partial charge is 0.489 e. The van der Waals surface area contributed by atoms with E-state index in [0.717, 1.165) is 30.1 Å². The average Bonchev–Trinajstić information content (AvgIpc) is 2.49. The summed E-state index contributed by atoms with van der Waals surface area (Å²) in [6.07, 6.45) is 5.18. The molecule has 1 aliphatic rings. The molecule has 1 fully saturated rings. The van der Waals surface area contributed by atoms with Gasteiger partial charge in [-0.15, -0.1) is 0 Å². The second-order valence-corrected chi connectivity index (χ2v) is 6.49. The first kappa shape index (κ1) is 14.4. The second kappa shape index (κ2) is 6.07. The Balaban J connectivity index is 1.96. The molecule has 0 spiro atoms. The molecule has 1 atom stereocenters. The summed E-state index contributed by atoms with van der Waals surface area (Å²) in [6.45, 7) is 4.36. The van der Waals surface area contributed by atoms with Gasteiger partial charge in [-0.05, 0) is 43.9 Å². The van der Waals surface area contributed by atoms with Crippen LogP contribution >= 0.6 is 0 Å². The van der Waals surface area contributed by atoms with Crippen LogP contribution < -0.4 is 10.5 Å². The lowest BCUT2D eigenvalue weighted by atomic mass is 9.89. The van der Waals surface area contributed by atoms with Crippen molar-refractivity contribution in [2.45, 2.75) is 51.7 Å². The van der Waals surface area contributed by atoms with E-state index in [-0.39, 0.29) is 6.04 Å². The van der Waals surface area contributed by atoms with Crippen LogP contribution in [0.1, 0.15) is 51.1 Å². The quantitative estimate of drug-likeness (QED) is 0.876. The number of ether oxygens (including phenoxy) is 1. The molecule has 3 rings (SSSR count). The number of fused-ring (bicyclic) bond motifs is 1. The van der Waals surface area contributed by atoms with E-state index in [1.807, 2.05) is 6.92 Å². The Bertz CT molecular complexity index is 612. The van der Waals surface area contributed by atoms with Crippen LogP contribution in [-0.2, 0) is 0 Å². The first-order valence-corrected chi connectivity index (χ1v) is 8.09. The van der Waals surface area contributed by atoms with Gasteiger partial charge in [0, 0.05) is 17.0 Å². The summed E-state index contributed by atoms with van der Waals surface area (Å²) in [5.41, 5.74) is 7.27. The number of benzene rings is 2. The van der Waals surface area contributed by atoms with E-state index in [4.69, 9.17) is 10.5 Å². The fourth-order valence-electron chi connectivity index (χ4n) is 3.26. The van der Waals surface area contributed by atoms with E-state index >= 15 is 0 Å². The van der Waals surface area contributed by atoms with Gasteiger partial charge in [0.15, 0.2) is 0 Å². The van der Waals surface area contributed by atoms with E-state index < -0.39 is 0 Å². The van der Waals surface area contributed by atoms with Gasteiger partial charge in [0.05, 0.1) is 6.10 Å². The maximum Gasteiger partial charge on any atom is 0.132 e. The minimum Gasteiger partial charge on any atom is -0.489 e. The molecule has 2 heteroatoms. The predicted octanol–water partition coefficient (Wildman–Crippen LogP) is 4.82. The lowest BCUT2D eigenvalue weighted by Crippen LogP contribution is -2.24. The molecule has 21 heavy (non-hydrogen) atoms. The summed E-state index contributed by atoms with van der Waals surface area (Å²) in [4.78, 5) is 0. The van der Waals surface area contributed by atoms with Crippen LogP contribution in [0.3, 0.4) is 0 Å². The summed E-state index contributed by atoms with van der Waals surface area (Å²) in [7, 11) is 0. The summed E-state index contributed by atoms with van der Waals surface area (Å²) in [6, 6.07) is 12.7. The molecule has 2 aromatic carbocycles. The summed E-state index contributed by atoms with van der Waals surface area (Å²) in [5.74, 6) is 1.84. The fourth-order valence-corrected chi connectivity index (χ4v) is 3.26. The summed E-state index contributed by atoms with van der Waals surface area (Å²) >= 11 is 0. The van der Waals surface area contributed by atoms with E-state index in [1.165, 1.54) is 23.6 Å². The molecule has 0 radical (unpaired) electrons. The molecule has 1 saturated carbocycles. The first-order chi connectivity index (χ1) is 10.1. The van der Waals surface area contributed by atoms with Crippen LogP contribution in [0, 0.1) is 5.92 Å². The molecule has 112 valence electrons. The molecular weight excluding hydrogens is 258 g/mol. The maximum absolute atomic E-state index is 6.43. The number of hydrogen-bond acceptors (Lipinski definition) is 2. The topological polar surface area (TPSA) is 35.2 Å². The standard InChI is InChI=1S/C19H25NO/c1-13-7-10-16(11-8-13)21-19-17(14(2)20)12-9-15-5-3-4-6-18(15)19/h3-6,9,12-14,16H,7-8,10-11,20H2,1-2H3/t13?,14-,16?/m1/s1. The molecule has 1 aliphatic carbocycles. The Morgan fingerprint density at radius 2 is 1.76 bits per heavy atom. The molecule has 0 aromatic heterocycles. The molecule has 0 heterocycles. The van der Waals surface area contributed by atoms with Gasteiger partial charge in [-0.3, -0.25) is 0 Å². The van der Waals surface area contributed by atoms with Gasteiger partial charge in [-0.2, -0.15) is 0 Å². The molecule has 0 aliphatic heterocycles. The van der Waals surface area contributed by atoms with Gasteiger partial charge in [-0.1, -0.05) is 43.3 Å². The fraction of sp³-hybridized carbons (Fsp3) is 0.474. The predicted molar refractivity (Wildman–Crippen MR) is 88.6 cm³/mol. The van der Waals surface area contributed by atoms with Crippen LogP contribution in [0.4, 0.5) is 0 Å². The van der Waals surface area contributed by atoms with Gasteiger partial charge in [0.25, 0.3) is 0 Å². The highest BCUT2D eigenvalue weighted by molar-refractivity contribution is 5.89. The monoisotopic (exact) mass is 283 g/mol. The summed E-state index contributed by atoms with van der Waals surface area (Å²) in [5, 5.41) is 2.41. The number of nitrogens with two attached hydrogens (primary N) is 1. The van der Waals surface area contributed by atoms with E-state index in [9.17, 15) is 0 Å². The molecule has 0 bridgehead atoms. The van der Waals surface area contributed by atoms with Gasteiger partial charge in [-0.25, -0.2) is 0 Å². The molecular formula is C19H25NO. The van der Waals surface area contributed by atoms with Crippen molar-refractivity contribution in [3.05, 3.63) is 42.0 Å². The Morgan fingerprint density at radius 3 is 2.48 bits per heavy atom. The van der Waals surface area contributed by atoms with Crippen molar-refractivity contribution in [2.24, 2.45) is 11.7 Å². The van der Waals surface area contributed by atoms with Crippen molar-refractivity contribution in [3.63, 3.8) is 0 Å². The number of hydrogen-bond donors (Lipinski definition) is 1. The van der Waals surface area contributed by atoms with Crippen molar-refractivity contribution in [1.82, 2.24) is 0 Å². The zero-order chi connectivity index (χ0) is 14.8. The van der Waals surface area contributed by atoms with Crippen LogP contribution in [0.5, 0.6) is 5.75 Å². The van der Waals surface area contributed by atoms with Crippen molar-refractivity contribution in [1.29, 1.82) is 0 Å². The highest BCUT2D eigenvalue weighted by Gasteiger charge is 2.22. The lowest BCUT2D eigenvalue weighted by Gasteiger charge is -2.29. The maximum atomic E-state index is 6.43. The highest BCUT2D eigenvalue weighted by Crippen LogP contribution is 2.36. The first-order valence-electron chi connectivity index (χ1n) is 8.09. The third-order valence-electron chi connectivity index (χ3n) is 4.65. The van der Waals surface area contributed by atoms with Crippen LogP contribution in [0.25, 0.3) is 10.8 Å². The van der Waals surface area contributed by atoms with Crippen LogP contribution in [0.2, 0.25) is 0 Å².